The molecule has 4 rings (SSSR count). The van der Waals surface area contributed by atoms with Crippen molar-refractivity contribution in [2.24, 2.45) is 5.92 Å². The largest absolute Gasteiger partial charge is 0.338 e. The molecule has 2 fully saturated rings. The predicted molar refractivity (Wildman–Crippen MR) is 86.7 cm³/mol. The predicted octanol–water partition coefficient (Wildman–Crippen LogP) is 1.08. The maximum absolute atomic E-state index is 13.3. The van der Waals surface area contributed by atoms with E-state index in [4.69, 9.17) is 0 Å². The SMILES string of the molecule is O=C([C@@H]1CN[C@H](C(=O)N2CC[C@H](F)C2)C1)N1Cc2ccccc2C1. The molecule has 0 unspecified atom stereocenters. The van der Waals surface area contributed by atoms with E-state index in [0.717, 1.165) is 0 Å². The van der Waals surface area contributed by atoms with Crippen LogP contribution in [0.1, 0.15) is 24.0 Å². The Morgan fingerprint density at radius 2 is 1.79 bits per heavy atom. The summed E-state index contributed by atoms with van der Waals surface area (Å²) in [6, 6.07) is 7.75. The summed E-state index contributed by atoms with van der Waals surface area (Å²) in [7, 11) is 0. The van der Waals surface area contributed by atoms with Gasteiger partial charge < -0.3 is 15.1 Å². The minimum Gasteiger partial charge on any atom is -0.338 e. The molecule has 1 aromatic carbocycles. The van der Waals surface area contributed by atoms with E-state index in [1.807, 2.05) is 17.0 Å². The highest BCUT2D eigenvalue weighted by molar-refractivity contribution is 5.86. The molecule has 1 N–H and O–H groups in total. The van der Waals surface area contributed by atoms with Crippen LogP contribution in [0.15, 0.2) is 24.3 Å². The van der Waals surface area contributed by atoms with Gasteiger partial charge in [-0.25, -0.2) is 4.39 Å². The molecule has 3 aliphatic rings. The minimum atomic E-state index is -0.907. The molecule has 24 heavy (non-hydrogen) atoms. The molecular formula is C18H22FN3O2. The molecule has 3 heterocycles. The van der Waals surface area contributed by atoms with E-state index >= 15 is 0 Å². The van der Waals surface area contributed by atoms with Gasteiger partial charge in [-0.05, 0) is 24.0 Å². The smallest absolute Gasteiger partial charge is 0.239 e. The number of rotatable bonds is 2. The molecule has 6 heteroatoms. The highest BCUT2D eigenvalue weighted by Crippen LogP contribution is 2.27. The molecule has 5 nitrogen and oxygen atoms in total. The summed E-state index contributed by atoms with van der Waals surface area (Å²) in [6.45, 7) is 2.50. The number of alkyl halides is 1. The van der Waals surface area contributed by atoms with E-state index in [1.54, 1.807) is 4.90 Å². The molecule has 1 aromatic rings. The van der Waals surface area contributed by atoms with Crippen molar-refractivity contribution < 1.29 is 14.0 Å². The second kappa shape index (κ2) is 6.16. The molecule has 0 spiro atoms. The third-order valence-electron chi connectivity index (χ3n) is 5.37. The lowest BCUT2D eigenvalue weighted by molar-refractivity contribution is -0.135. The van der Waals surface area contributed by atoms with Gasteiger partial charge in [-0.3, -0.25) is 9.59 Å². The molecule has 2 saturated heterocycles. The first kappa shape index (κ1) is 15.6. The fourth-order valence-corrected chi connectivity index (χ4v) is 4.00. The van der Waals surface area contributed by atoms with Gasteiger partial charge in [0.25, 0.3) is 0 Å². The van der Waals surface area contributed by atoms with Crippen molar-refractivity contribution >= 4 is 11.8 Å². The molecule has 0 aromatic heterocycles. The Bertz CT molecular complexity index is 640. The van der Waals surface area contributed by atoms with E-state index in [-0.39, 0.29) is 30.3 Å². The summed E-state index contributed by atoms with van der Waals surface area (Å²) in [5, 5.41) is 3.16. The van der Waals surface area contributed by atoms with Gasteiger partial charge in [0.1, 0.15) is 6.17 Å². The average Bonchev–Trinajstić information content (AvgIpc) is 3.32. The van der Waals surface area contributed by atoms with Crippen LogP contribution in [-0.4, -0.2) is 53.5 Å². The lowest BCUT2D eigenvalue weighted by Crippen LogP contribution is -2.42. The maximum Gasteiger partial charge on any atom is 0.239 e. The van der Waals surface area contributed by atoms with Gasteiger partial charge in [0.15, 0.2) is 0 Å². The zero-order valence-electron chi connectivity index (χ0n) is 13.6. The Morgan fingerprint density at radius 3 is 2.42 bits per heavy atom. The second-order valence-corrected chi connectivity index (χ2v) is 7.03. The van der Waals surface area contributed by atoms with Crippen LogP contribution in [0.3, 0.4) is 0 Å². The maximum atomic E-state index is 13.3. The number of nitrogens with zero attached hydrogens (tertiary/aromatic N) is 2. The normalized spacial score (nSPS) is 29.1. The summed E-state index contributed by atoms with van der Waals surface area (Å²) < 4.78 is 13.3. The summed E-state index contributed by atoms with van der Waals surface area (Å²) in [4.78, 5) is 28.6. The number of halogens is 1. The van der Waals surface area contributed by atoms with Gasteiger partial charge in [-0.15, -0.1) is 0 Å². The molecule has 3 aliphatic heterocycles. The summed E-state index contributed by atoms with van der Waals surface area (Å²) in [6.07, 6.45) is 0.0288. The fourth-order valence-electron chi connectivity index (χ4n) is 4.00. The number of nitrogens with one attached hydrogen (secondary N) is 1. The highest BCUT2D eigenvalue weighted by atomic mass is 19.1. The van der Waals surface area contributed by atoms with Crippen LogP contribution in [0, 0.1) is 5.92 Å². The minimum absolute atomic E-state index is 0.0600. The third-order valence-corrected chi connectivity index (χ3v) is 5.37. The van der Waals surface area contributed by atoms with Crippen molar-refractivity contribution in [3.63, 3.8) is 0 Å². The average molecular weight is 331 g/mol. The van der Waals surface area contributed by atoms with Crippen LogP contribution in [0.4, 0.5) is 4.39 Å². The molecule has 2 amide bonds. The number of amides is 2. The van der Waals surface area contributed by atoms with Gasteiger partial charge >= 0.3 is 0 Å². The quantitative estimate of drug-likeness (QED) is 0.882. The summed E-state index contributed by atoms with van der Waals surface area (Å²) >= 11 is 0. The van der Waals surface area contributed by atoms with Gasteiger partial charge in [-0.1, -0.05) is 24.3 Å². The fraction of sp³-hybridized carbons (Fsp3) is 0.556. The van der Waals surface area contributed by atoms with Gasteiger partial charge in [0.05, 0.1) is 18.5 Å². The van der Waals surface area contributed by atoms with Gasteiger partial charge in [0, 0.05) is 26.2 Å². The van der Waals surface area contributed by atoms with Crippen molar-refractivity contribution in [2.45, 2.75) is 38.1 Å². The van der Waals surface area contributed by atoms with Crippen molar-refractivity contribution in [3.05, 3.63) is 35.4 Å². The molecule has 0 saturated carbocycles. The first-order valence-corrected chi connectivity index (χ1v) is 8.63. The van der Waals surface area contributed by atoms with E-state index in [1.165, 1.54) is 11.1 Å². The Labute approximate surface area is 140 Å². The van der Waals surface area contributed by atoms with Gasteiger partial charge in [-0.2, -0.15) is 0 Å². The number of carbonyl (C=O) groups excluding carboxylic acids is 2. The molecule has 0 aliphatic carbocycles. The van der Waals surface area contributed by atoms with E-state index < -0.39 is 6.17 Å². The molecular weight excluding hydrogens is 309 g/mol. The van der Waals surface area contributed by atoms with Crippen molar-refractivity contribution in [3.8, 4) is 0 Å². The monoisotopic (exact) mass is 331 g/mol. The topological polar surface area (TPSA) is 52.7 Å². The standard InChI is InChI=1S/C18H22FN3O2/c19-15-5-6-21(11-15)18(24)16-7-14(8-20-16)17(23)22-9-12-3-1-2-4-13(12)10-22/h1-4,14-16,20H,5-11H2/t14-,15-,16-/m0/s1. The van der Waals surface area contributed by atoms with E-state index in [0.29, 0.717) is 39.0 Å². The van der Waals surface area contributed by atoms with E-state index in [9.17, 15) is 14.0 Å². The molecule has 0 bridgehead atoms. The summed E-state index contributed by atoms with van der Waals surface area (Å²) in [5.41, 5.74) is 2.41. The van der Waals surface area contributed by atoms with E-state index in [2.05, 4.69) is 17.4 Å². The molecule has 128 valence electrons. The first-order chi connectivity index (χ1) is 11.6. The third kappa shape index (κ3) is 2.79. The lowest BCUT2D eigenvalue weighted by Gasteiger charge is -2.21. The second-order valence-electron chi connectivity index (χ2n) is 7.03. The zero-order chi connectivity index (χ0) is 16.7. The number of hydrogen-bond donors (Lipinski definition) is 1. The van der Waals surface area contributed by atoms with Crippen molar-refractivity contribution in [1.82, 2.24) is 15.1 Å². The Morgan fingerprint density at radius 1 is 1.08 bits per heavy atom. The van der Waals surface area contributed by atoms with Crippen LogP contribution < -0.4 is 5.32 Å². The lowest BCUT2D eigenvalue weighted by atomic mass is 10.0. The van der Waals surface area contributed by atoms with Crippen LogP contribution in [0.5, 0.6) is 0 Å². The first-order valence-electron chi connectivity index (χ1n) is 8.63. The van der Waals surface area contributed by atoms with Crippen LogP contribution >= 0.6 is 0 Å². The Balaban J connectivity index is 1.35. The molecule has 3 atom stereocenters. The number of carbonyl (C=O) groups is 2. The van der Waals surface area contributed by atoms with Crippen LogP contribution in [0.25, 0.3) is 0 Å². The molecule has 0 radical (unpaired) electrons. The zero-order valence-corrected chi connectivity index (χ0v) is 13.6. The van der Waals surface area contributed by atoms with Crippen LogP contribution in [-0.2, 0) is 22.7 Å². The van der Waals surface area contributed by atoms with Crippen molar-refractivity contribution in [2.75, 3.05) is 19.6 Å². The number of hydrogen-bond acceptors (Lipinski definition) is 3. The Kier molecular flexibility index (Phi) is 4.00. The Hall–Kier alpha value is -1.95. The number of benzene rings is 1. The highest BCUT2D eigenvalue weighted by Gasteiger charge is 2.39. The number of fused-ring (bicyclic) bond motifs is 1. The summed E-state index contributed by atoms with van der Waals surface area (Å²) in [5.74, 6) is -0.119. The van der Waals surface area contributed by atoms with Crippen molar-refractivity contribution in [1.29, 1.82) is 0 Å². The van der Waals surface area contributed by atoms with Crippen LogP contribution in [0.2, 0.25) is 0 Å². The number of likely N-dealkylation sites (tertiary alicyclic amines) is 1. The van der Waals surface area contributed by atoms with Gasteiger partial charge in [0.2, 0.25) is 11.8 Å².